The molecule has 1 aromatic carbocycles. The number of piperidine rings is 1. The molecular weight excluding hydrogens is 313 g/mol. The molecule has 2 atom stereocenters. The number of aliphatic hydroxyl groups is 2. The third kappa shape index (κ3) is 5.31. The summed E-state index contributed by atoms with van der Waals surface area (Å²) < 4.78 is 5.53. The van der Waals surface area contributed by atoms with E-state index in [0.717, 1.165) is 25.9 Å². The van der Waals surface area contributed by atoms with Gasteiger partial charge < -0.3 is 19.8 Å². The minimum atomic E-state index is -0.600. The van der Waals surface area contributed by atoms with E-state index in [4.69, 9.17) is 27.9 Å². The summed E-state index contributed by atoms with van der Waals surface area (Å²) in [4.78, 5) is 2.16. The largest absolute Gasteiger partial charge is 0.489 e. The van der Waals surface area contributed by atoms with Gasteiger partial charge in [-0.2, -0.15) is 0 Å². The van der Waals surface area contributed by atoms with Gasteiger partial charge in [0.1, 0.15) is 18.5 Å². The molecule has 0 aromatic heterocycles. The number of halogens is 2. The van der Waals surface area contributed by atoms with E-state index in [0.29, 0.717) is 28.3 Å². The number of aliphatic hydroxyl groups excluding tert-OH is 2. The summed E-state index contributed by atoms with van der Waals surface area (Å²) in [6.45, 7) is 2.69. The Kier molecular flexibility index (Phi) is 6.58. The van der Waals surface area contributed by atoms with Gasteiger partial charge in [0, 0.05) is 30.8 Å². The summed E-state index contributed by atoms with van der Waals surface area (Å²) in [5, 5.41) is 20.3. The number of hydrogen-bond donors (Lipinski definition) is 2. The van der Waals surface area contributed by atoms with Crippen molar-refractivity contribution in [3.63, 3.8) is 0 Å². The summed E-state index contributed by atoms with van der Waals surface area (Å²) in [6, 6.07) is 5.00. The molecule has 1 aliphatic rings. The lowest BCUT2D eigenvalue weighted by Gasteiger charge is -2.33. The molecular formula is C15H21Cl2NO3. The fourth-order valence-corrected chi connectivity index (χ4v) is 2.92. The SMILES string of the molecule is OCC1CCCN(CC(O)COc2cc(Cl)ccc2Cl)C1. The summed E-state index contributed by atoms with van der Waals surface area (Å²) in [5.41, 5.74) is 0. The number of benzene rings is 1. The molecule has 0 spiro atoms. The van der Waals surface area contributed by atoms with Crippen LogP contribution in [0, 0.1) is 5.92 Å². The lowest BCUT2D eigenvalue weighted by molar-refractivity contribution is 0.0431. The van der Waals surface area contributed by atoms with Crippen molar-refractivity contribution in [3.8, 4) is 5.75 Å². The summed E-state index contributed by atoms with van der Waals surface area (Å²) in [5.74, 6) is 0.796. The number of likely N-dealkylation sites (tertiary alicyclic amines) is 1. The second-order valence-corrected chi connectivity index (χ2v) is 6.33. The van der Waals surface area contributed by atoms with Crippen molar-refractivity contribution >= 4 is 23.2 Å². The fraction of sp³-hybridized carbons (Fsp3) is 0.600. The van der Waals surface area contributed by atoms with Gasteiger partial charge in [-0.25, -0.2) is 0 Å². The molecule has 4 nitrogen and oxygen atoms in total. The lowest BCUT2D eigenvalue weighted by atomic mass is 9.99. The Hall–Kier alpha value is -0.520. The topological polar surface area (TPSA) is 52.9 Å². The van der Waals surface area contributed by atoms with Crippen LogP contribution < -0.4 is 4.74 Å². The van der Waals surface area contributed by atoms with E-state index in [2.05, 4.69) is 4.90 Å². The molecule has 1 aromatic rings. The number of nitrogens with zero attached hydrogens (tertiary/aromatic N) is 1. The molecule has 118 valence electrons. The average Bonchev–Trinajstić information content (AvgIpc) is 2.48. The van der Waals surface area contributed by atoms with Crippen LogP contribution in [0.25, 0.3) is 0 Å². The zero-order valence-corrected chi connectivity index (χ0v) is 13.4. The smallest absolute Gasteiger partial charge is 0.139 e. The summed E-state index contributed by atoms with van der Waals surface area (Å²) >= 11 is 11.9. The van der Waals surface area contributed by atoms with Gasteiger partial charge in [-0.15, -0.1) is 0 Å². The highest BCUT2D eigenvalue weighted by atomic mass is 35.5. The van der Waals surface area contributed by atoms with Gasteiger partial charge in [0.25, 0.3) is 0 Å². The molecule has 0 saturated carbocycles. The van der Waals surface area contributed by atoms with Crippen molar-refractivity contribution in [1.82, 2.24) is 4.90 Å². The molecule has 0 radical (unpaired) electrons. The Morgan fingerprint density at radius 1 is 1.38 bits per heavy atom. The third-order valence-corrected chi connectivity index (χ3v) is 4.20. The second kappa shape index (κ2) is 8.20. The first-order valence-electron chi connectivity index (χ1n) is 7.17. The molecule has 1 fully saturated rings. The first-order chi connectivity index (χ1) is 10.1. The molecule has 1 saturated heterocycles. The Morgan fingerprint density at radius 2 is 2.19 bits per heavy atom. The van der Waals surface area contributed by atoms with Crippen LogP contribution in [-0.2, 0) is 0 Å². The zero-order valence-electron chi connectivity index (χ0n) is 11.8. The molecule has 2 N–H and O–H groups in total. The zero-order chi connectivity index (χ0) is 15.2. The predicted octanol–water partition coefficient (Wildman–Crippen LogP) is 2.44. The number of hydrogen-bond acceptors (Lipinski definition) is 4. The Labute approximate surface area is 135 Å². The highest BCUT2D eigenvalue weighted by Crippen LogP contribution is 2.27. The van der Waals surface area contributed by atoms with E-state index in [-0.39, 0.29) is 13.2 Å². The van der Waals surface area contributed by atoms with E-state index in [1.807, 2.05) is 0 Å². The van der Waals surface area contributed by atoms with Gasteiger partial charge in [0.2, 0.25) is 0 Å². The molecule has 1 heterocycles. The van der Waals surface area contributed by atoms with Gasteiger partial charge in [-0.05, 0) is 37.4 Å². The molecule has 0 bridgehead atoms. The van der Waals surface area contributed by atoms with E-state index < -0.39 is 6.10 Å². The van der Waals surface area contributed by atoms with Crippen LogP contribution in [0.5, 0.6) is 5.75 Å². The van der Waals surface area contributed by atoms with Crippen molar-refractivity contribution in [1.29, 1.82) is 0 Å². The minimum absolute atomic E-state index is 0.167. The molecule has 21 heavy (non-hydrogen) atoms. The van der Waals surface area contributed by atoms with Crippen molar-refractivity contribution < 1.29 is 14.9 Å². The van der Waals surface area contributed by atoms with Gasteiger partial charge in [0.15, 0.2) is 0 Å². The van der Waals surface area contributed by atoms with Crippen molar-refractivity contribution in [2.45, 2.75) is 18.9 Å². The first kappa shape index (κ1) is 16.8. The van der Waals surface area contributed by atoms with Crippen LogP contribution >= 0.6 is 23.2 Å². The standard InChI is InChI=1S/C15H21Cl2NO3/c16-12-3-4-14(17)15(6-12)21-10-13(20)8-18-5-1-2-11(7-18)9-19/h3-4,6,11,13,19-20H,1-2,5,7-10H2. The molecule has 2 unspecified atom stereocenters. The van der Waals surface area contributed by atoms with Crippen molar-refractivity contribution in [3.05, 3.63) is 28.2 Å². The minimum Gasteiger partial charge on any atom is -0.489 e. The van der Waals surface area contributed by atoms with Crippen molar-refractivity contribution in [2.24, 2.45) is 5.92 Å². The van der Waals surface area contributed by atoms with Gasteiger partial charge in [-0.3, -0.25) is 0 Å². The highest BCUT2D eigenvalue weighted by Gasteiger charge is 2.21. The van der Waals surface area contributed by atoms with E-state index in [9.17, 15) is 10.2 Å². The van der Waals surface area contributed by atoms with Crippen LogP contribution in [0.4, 0.5) is 0 Å². The van der Waals surface area contributed by atoms with Crippen molar-refractivity contribution in [2.75, 3.05) is 32.8 Å². The number of β-amino-alcohol motifs (C(OH)–C–C–N with tert-alkyl or cyclic N) is 1. The Balaban J connectivity index is 1.79. The summed E-state index contributed by atoms with van der Waals surface area (Å²) in [6.07, 6.45) is 1.51. The third-order valence-electron chi connectivity index (χ3n) is 3.65. The average molecular weight is 334 g/mol. The monoisotopic (exact) mass is 333 g/mol. The van der Waals surface area contributed by atoms with Gasteiger partial charge >= 0.3 is 0 Å². The van der Waals surface area contributed by atoms with Crippen LogP contribution in [0.1, 0.15) is 12.8 Å². The van der Waals surface area contributed by atoms with E-state index in [1.54, 1.807) is 18.2 Å². The maximum atomic E-state index is 10.1. The van der Waals surface area contributed by atoms with E-state index in [1.165, 1.54) is 0 Å². The van der Waals surface area contributed by atoms with Crippen LogP contribution in [0.15, 0.2) is 18.2 Å². The number of ether oxygens (including phenoxy) is 1. The van der Waals surface area contributed by atoms with Crippen LogP contribution in [-0.4, -0.2) is 54.1 Å². The molecule has 1 aliphatic heterocycles. The van der Waals surface area contributed by atoms with Gasteiger partial charge in [-0.1, -0.05) is 23.2 Å². The molecule has 6 heteroatoms. The number of rotatable bonds is 6. The predicted molar refractivity (Wildman–Crippen MR) is 84.2 cm³/mol. The van der Waals surface area contributed by atoms with Crippen LogP contribution in [0.2, 0.25) is 10.0 Å². The van der Waals surface area contributed by atoms with Gasteiger partial charge in [0.05, 0.1) is 5.02 Å². The molecule has 0 amide bonds. The summed E-state index contributed by atoms with van der Waals surface area (Å²) in [7, 11) is 0. The Bertz CT molecular complexity index is 459. The maximum absolute atomic E-state index is 10.1. The second-order valence-electron chi connectivity index (χ2n) is 5.49. The molecule has 2 rings (SSSR count). The Morgan fingerprint density at radius 3 is 2.95 bits per heavy atom. The first-order valence-corrected chi connectivity index (χ1v) is 7.93. The maximum Gasteiger partial charge on any atom is 0.139 e. The lowest BCUT2D eigenvalue weighted by Crippen LogP contribution is -2.42. The quantitative estimate of drug-likeness (QED) is 0.839. The molecule has 0 aliphatic carbocycles. The normalized spacial score (nSPS) is 21.2. The fourth-order valence-electron chi connectivity index (χ4n) is 2.59. The van der Waals surface area contributed by atoms with Crippen LogP contribution in [0.3, 0.4) is 0 Å². The highest BCUT2D eigenvalue weighted by molar-refractivity contribution is 6.34. The van der Waals surface area contributed by atoms with E-state index >= 15 is 0 Å².